The first-order chi connectivity index (χ1) is 17.8. The van der Waals surface area contributed by atoms with Gasteiger partial charge in [-0.15, -0.1) is 11.3 Å². The molecule has 0 spiro atoms. The van der Waals surface area contributed by atoms with E-state index in [2.05, 4.69) is 21.8 Å². The van der Waals surface area contributed by atoms with Crippen LogP contribution in [-0.4, -0.2) is 33.7 Å². The third-order valence-corrected chi connectivity index (χ3v) is 10.7. The first-order valence-electron chi connectivity index (χ1n) is 12.5. The van der Waals surface area contributed by atoms with Crippen LogP contribution in [0.5, 0.6) is 5.75 Å². The number of ether oxygens (including phenoxy) is 1. The van der Waals surface area contributed by atoms with Gasteiger partial charge in [-0.25, -0.2) is 4.98 Å². The predicted molar refractivity (Wildman–Crippen MR) is 148 cm³/mol. The highest BCUT2D eigenvalue weighted by Crippen LogP contribution is 2.48. The van der Waals surface area contributed by atoms with Crippen LogP contribution in [0.2, 0.25) is 0 Å². The Labute approximate surface area is 223 Å². The molecule has 11 heteroatoms. The summed E-state index contributed by atoms with van der Waals surface area (Å²) in [5, 5.41) is 2.35. The molecule has 0 saturated heterocycles. The molecule has 200 valence electrons. The Kier molecular flexibility index (Phi) is 9.08. The Hall–Kier alpha value is -2.23. The molecule has 0 aliphatic heterocycles. The summed E-state index contributed by atoms with van der Waals surface area (Å²) in [6.07, 6.45) is 6.32. The summed E-state index contributed by atoms with van der Waals surface area (Å²) in [6, 6.07) is 12.8. The molecule has 37 heavy (non-hydrogen) atoms. The molecule has 3 aromatic rings. The van der Waals surface area contributed by atoms with Gasteiger partial charge in [0.15, 0.2) is 5.03 Å². The fraction of sp³-hybridized carbons (Fsp3) is 0.423. The van der Waals surface area contributed by atoms with Crippen LogP contribution < -0.4 is 14.8 Å². The molecular formula is C26H33N2O6PS2. The molecule has 8 nitrogen and oxygen atoms in total. The Balaban J connectivity index is 1.53. The van der Waals surface area contributed by atoms with Gasteiger partial charge in [0.2, 0.25) is 0 Å². The highest BCUT2D eigenvalue weighted by atomic mass is 32.2. The zero-order valence-electron chi connectivity index (χ0n) is 21.3. The van der Waals surface area contributed by atoms with Crippen LogP contribution in [0.3, 0.4) is 0 Å². The minimum atomic E-state index is -3.99. The number of hydrogen-bond donors (Lipinski definition) is 1. The zero-order valence-corrected chi connectivity index (χ0v) is 23.8. The van der Waals surface area contributed by atoms with E-state index in [9.17, 15) is 13.0 Å². The number of thiazole rings is 1. The smallest absolute Gasteiger partial charge is 0.361 e. The van der Waals surface area contributed by atoms with Crippen LogP contribution in [0.4, 0.5) is 5.69 Å². The van der Waals surface area contributed by atoms with Crippen molar-refractivity contribution < 1.29 is 26.8 Å². The second-order valence-corrected chi connectivity index (χ2v) is 13.3. The van der Waals surface area contributed by atoms with Crippen LogP contribution in [0, 0.1) is 0 Å². The quantitative estimate of drug-likeness (QED) is 0.263. The van der Waals surface area contributed by atoms with E-state index in [0.717, 1.165) is 5.56 Å². The normalized spacial score (nSPS) is 15.0. The molecule has 1 aliphatic rings. The van der Waals surface area contributed by atoms with Gasteiger partial charge in [-0.1, -0.05) is 43.5 Å². The molecule has 1 heterocycles. The van der Waals surface area contributed by atoms with Gasteiger partial charge in [-0.3, -0.25) is 9.29 Å². The lowest BCUT2D eigenvalue weighted by Crippen LogP contribution is -2.16. The molecule has 0 atom stereocenters. The van der Waals surface area contributed by atoms with Crippen molar-refractivity contribution in [3.05, 3.63) is 53.4 Å². The summed E-state index contributed by atoms with van der Waals surface area (Å²) in [5.74, 6) is 0.797. The van der Waals surface area contributed by atoms with Crippen LogP contribution in [0.15, 0.2) is 52.9 Å². The summed E-state index contributed by atoms with van der Waals surface area (Å²) < 4.78 is 58.0. The Bertz CT molecular complexity index is 1340. The van der Waals surface area contributed by atoms with Crippen LogP contribution in [0.1, 0.15) is 57.4 Å². The van der Waals surface area contributed by atoms with Crippen molar-refractivity contribution >= 4 is 39.9 Å². The number of anilines is 1. The van der Waals surface area contributed by atoms with E-state index in [1.54, 1.807) is 13.8 Å². The minimum absolute atomic E-state index is 0.0794. The van der Waals surface area contributed by atoms with Crippen molar-refractivity contribution in [2.24, 2.45) is 0 Å². The average Bonchev–Trinajstić information content (AvgIpc) is 3.41. The number of sulfonamides is 1. The molecule has 1 aromatic heterocycles. The summed E-state index contributed by atoms with van der Waals surface area (Å²) in [6.45, 7) is 3.84. The van der Waals surface area contributed by atoms with E-state index >= 15 is 0 Å². The van der Waals surface area contributed by atoms with E-state index in [1.807, 2.05) is 12.1 Å². The van der Waals surface area contributed by atoms with Gasteiger partial charge in [-0.05, 0) is 56.4 Å². The molecule has 1 N–H and O–H groups in total. The van der Waals surface area contributed by atoms with Crippen molar-refractivity contribution in [3.63, 3.8) is 0 Å². The predicted octanol–water partition coefficient (Wildman–Crippen LogP) is 6.56. The van der Waals surface area contributed by atoms with Crippen molar-refractivity contribution in [2.75, 3.05) is 25.0 Å². The SMILES string of the molecule is CCOP(=O)(OCC)c1ccc(NS(=O)(=O)c2csc(-c3ccc(C4CCCCC4)cc3)n2)c(OC)c1. The Morgan fingerprint density at radius 3 is 2.32 bits per heavy atom. The number of aromatic nitrogens is 1. The monoisotopic (exact) mass is 564 g/mol. The highest BCUT2D eigenvalue weighted by molar-refractivity contribution is 7.92. The number of rotatable bonds is 11. The standard InChI is InChI=1S/C26H33N2O6PS2/c1-4-33-35(29,34-5-2)22-15-16-23(24(17-22)32-3)28-37(30,31)25-18-36-26(27-25)21-13-11-20(12-14-21)19-9-7-6-8-10-19/h11-19,28H,4-10H2,1-3H3. The number of nitrogens with zero attached hydrogens (tertiary/aromatic N) is 1. The minimum Gasteiger partial charge on any atom is -0.495 e. The van der Waals surface area contributed by atoms with E-state index in [4.69, 9.17) is 13.8 Å². The highest BCUT2D eigenvalue weighted by Gasteiger charge is 2.29. The van der Waals surface area contributed by atoms with Crippen molar-refractivity contribution in [1.29, 1.82) is 0 Å². The molecule has 0 amide bonds. The Morgan fingerprint density at radius 1 is 1.03 bits per heavy atom. The van der Waals surface area contributed by atoms with Crippen molar-refractivity contribution in [1.82, 2.24) is 4.98 Å². The topological polar surface area (TPSA) is 104 Å². The molecule has 0 radical (unpaired) electrons. The van der Waals surface area contributed by atoms with Gasteiger partial charge in [-0.2, -0.15) is 8.42 Å². The fourth-order valence-electron chi connectivity index (χ4n) is 4.51. The van der Waals surface area contributed by atoms with Crippen LogP contribution in [-0.2, 0) is 23.6 Å². The molecule has 1 saturated carbocycles. The summed E-state index contributed by atoms with van der Waals surface area (Å²) >= 11 is 1.28. The molecule has 1 fully saturated rings. The maximum Gasteiger partial charge on any atom is 0.361 e. The van der Waals surface area contributed by atoms with E-state index in [1.165, 1.54) is 79.7 Å². The van der Waals surface area contributed by atoms with Gasteiger partial charge in [0.25, 0.3) is 10.0 Å². The van der Waals surface area contributed by atoms with E-state index in [-0.39, 0.29) is 35.0 Å². The maximum absolute atomic E-state index is 13.1. The number of nitrogens with one attached hydrogen (secondary N) is 1. The number of benzene rings is 2. The Morgan fingerprint density at radius 2 is 1.70 bits per heavy atom. The van der Waals surface area contributed by atoms with Gasteiger partial charge < -0.3 is 13.8 Å². The van der Waals surface area contributed by atoms with Crippen LogP contribution in [0.25, 0.3) is 10.6 Å². The van der Waals surface area contributed by atoms with Crippen molar-refractivity contribution in [2.45, 2.75) is 56.9 Å². The molecule has 2 aromatic carbocycles. The third kappa shape index (κ3) is 6.44. The maximum atomic E-state index is 13.1. The van der Waals surface area contributed by atoms with Gasteiger partial charge in [0, 0.05) is 10.9 Å². The van der Waals surface area contributed by atoms with Gasteiger partial charge in [0.1, 0.15) is 10.8 Å². The summed E-state index contributed by atoms with van der Waals surface area (Å²) in [4.78, 5) is 4.39. The molecule has 0 unspecified atom stereocenters. The third-order valence-electron chi connectivity index (χ3n) is 6.34. The molecule has 1 aliphatic carbocycles. The van der Waals surface area contributed by atoms with Gasteiger partial charge in [0.05, 0.1) is 31.3 Å². The fourth-order valence-corrected chi connectivity index (χ4v) is 8.26. The number of hydrogen-bond acceptors (Lipinski definition) is 8. The van der Waals surface area contributed by atoms with E-state index in [0.29, 0.717) is 10.9 Å². The van der Waals surface area contributed by atoms with E-state index < -0.39 is 17.6 Å². The lowest BCUT2D eigenvalue weighted by molar-refractivity contribution is 0.230. The molecule has 4 rings (SSSR count). The van der Waals surface area contributed by atoms with Crippen LogP contribution >= 0.6 is 18.9 Å². The molecule has 0 bridgehead atoms. The second-order valence-electron chi connectivity index (χ2n) is 8.77. The zero-order chi connectivity index (χ0) is 26.5. The second kappa shape index (κ2) is 12.1. The molecular weight excluding hydrogens is 531 g/mol. The average molecular weight is 565 g/mol. The summed E-state index contributed by atoms with van der Waals surface area (Å²) in [5.41, 5.74) is 2.41. The first-order valence-corrected chi connectivity index (χ1v) is 16.4. The lowest BCUT2D eigenvalue weighted by Gasteiger charge is -2.21. The largest absolute Gasteiger partial charge is 0.495 e. The first kappa shape index (κ1) is 27.8. The summed E-state index contributed by atoms with van der Waals surface area (Å²) in [7, 11) is -6.14. The van der Waals surface area contributed by atoms with Gasteiger partial charge >= 0.3 is 7.60 Å². The number of methoxy groups -OCH3 is 1. The lowest BCUT2D eigenvalue weighted by atomic mass is 9.84. The van der Waals surface area contributed by atoms with Crippen molar-refractivity contribution in [3.8, 4) is 16.3 Å².